The Hall–Kier alpha value is -0.210. The molecule has 0 heterocycles. The molecule has 2 aromatic carbocycles. The van der Waals surface area contributed by atoms with Crippen molar-refractivity contribution in [2.45, 2.75) is 11.3 Å². The quantitative estimate of drug-likeness (QED) is 0.563. The fraction of sp³-hybridized carbons (Fsp3) is 0.0769. The number of rotatable bonds is 2. The first-order chi connectivity index (χ1) is 6.86. The van der Waals surface area contributed by atoms with E-state index in [1.165, 1.54) is 11.1 Å². The minimum absolute atomic E-state index is 0. The standard InChI is InChI=1S/C13H12S.Na.H/c14-13-9-5-4-8-12(13)10-11-6-2-1-3-7-11;;/h1-9,14H,10H2;;/q;+1;-1. The largest absolute Gasteiger partial charge is 1.00 e. The van der Waals surface area contributed by atoms with E-state index >= 15 is 0 Å². The monoisotopic (exact) mass is 224 g/mol. The molecular formula is C13H13NaS. The van der Waals surface area contributed by atoms with Gasteiger partial charge in [0, 0.05) is 4.90 Å². The van der Waals surface area contributed by atoms with Gasteiger partial charge in [-0.2, -0.15) is 0 Å². The van der Waals surface area contributed by atoms with E-state index < -0.39 is 0 Å². The van der Waals surface area contributed by atoms with Crippen molar-refractivity contribution < 1.29 is 31.0 Å². The molecule has 0 nitrogen and oxygen atoms in total. The van der Waals surface area contributed by atoms with Gasteiger partial charge in [0.15, 0.2) is 0 Å². The first-order valence-electron chi connectivity index (χ1n) is 4.67. The molecule has 0 radical (unpaired) electrons. The Bertz CT molecular complexity index is 417. The summed E-state index contributed by atoms with van der Waals surface area (Å²) in [6, 6.07) is 18.7. The maximum absolute atomic E-state index is 4.43. The Kier molecular flexibility index (Phi) is 5.48. The summed E-state index contributed by atoms with van der Waals surface area (Å²) in [4.78, 5) is 1.07. The summed E-state index contributed by atoms with van der Waals surface area (Å²) in [5.74, 6) is 0. The van der Waals surface area contributed by atoms with Crippen LogP contribution in [0.4, 0.5) is 0 Å². The maximum Gasteiger partial charge on any atom is 1.00 e. The van der Waals surface area contributed by atoms with Gasteiger partial charge >= 0.3 is 29.6 Å². The van der Waals surface area contributed by atoms with Crippen LogP contribution in [0.25, 0.3) is 0 Å². The Morgan fingerprint density at radius 1 is 0.867 bits per heavy atom. The molecule has 2 heteroatoms. The van der Waals surface area contributed by atoms with E-state index in [2.05, 4.69) is 49.0 Å². The van der Waals surface area contributed by atoms with Gasteiger partial charge in [-0.15, -0.1) is 12.6 Å². The second-order valence-electron chi connectivity index (χ2n) is 3.29. The summed E-state index contributed by atoms with van der Waals surface area (Å²) in [5.41, 5.74) is 2.61. The number of hydrogen-bond donors (Lipinski definition) is 1. The summed E-state index contributed by atoms with van der Waals surface area (Å²) in [7, 11) is 0. The molecule has 0 amide bonds. The predicted octanol–water partition coefficient (Wildman–Crippen LogP) is 0.683. The zero-order valence-electron chi connectivity index (χ0n) is 9.85. The normalized spacial score (nSPS) is 9.40. The molecule has 0 aliphatic rings. The number of benzene rings is 2. The Balaban J connectivity index is 0.00000112. The van der Waals surface area contributed by atoms with Gasteiger partial charge in [0.2, 0.25) is 0 Å². The molecule has 0 saturated carbocycles. The van der Waals surface area contributed by atoms with Crippen LogP contribution >= 0.6 is 12.6 Å². The van der Waals surface area contributed by atoms with E-state index in [0.717, 1.165) is 11.3 Å². The van der Waals surface area contributed by atoms with Crippen LogP contribution in [0.2, 0.25) is 0 Å². The molecule has 0 aromatic heterocycles. The Morgan fingerprint density at radius 3 is 2.13 bits per heavy atom. The van der Waals surface area contributed by atoms with E-state index in [9.17, 15) is 0 Å². The molecule has 2 rings (SSSR count). The topological polar surface area (TPSA) is 0 Å². The average molecular weight is 224 g/mol. The molecule has 0 fully saturated rings. The third-order valence-electron chi connectivity index (χ3n) is 2.23. The van der Waals surface area contributed by atoms with E-state index in [4.69, 9.17) is 0 Å². The van der Waals surface area contributed by atoms with Gasteiger partial charge in [-0.05, 0) is 23.6 Å². The van der Waals surface area contributed by atoms with Crippen LogP contribution in [0, 0.1) is 0 Å². The molecule has 0 spiro atoms. The molecule has 2 aromatic rings. The van der Waals surface area contributed by atoms with Crippen molar-refractivity contribution >= 4 is 12.6 Å². The third kappa shape index (κ3) is 3.69. The minimum atomic E-state index is 0. The molecule has 0 bridgehead atoms. The van der Waals surface area contributed by atoms with Gasteiger partial charge in [-0.25, -0.2) is 0 Å². The van der Waals surface area contributed by atoms with Crippen LogP contribution in [-0.2, 0) is 6.42 Å². The molecule has 0 aliphatic heterocycles. The summed E-state index contributed by atoms with van der Waals surface area (Å²) in [5, 5.41) is 0. The smallest absolute Gasteiger partial charge is 1.00 e. The summed E-state index contributed by atoms with van der Waals surface area (Å²) in [6.07, 6.45) is 0.959. The second-order valence-corrected chi connectivity index (χ2v) is 3.77. The van der Waals surface area contributed by atoms with Crippen LogP contribution in [-0.4, -0.2) is 0 Å². The van der Waals surface area contributed by atoms with E-state index in [0.29, 0.717) is 0 Å². The predicted molar refractivity (Wildman–Crippen MR) is 64.1 cm³/mol. The van der Waals surface area contributed by atoms with Crippen LogP contribution in [0.1, 0.15) is 12.6 Å². The van der Waals surface area contributed by atoms with E-state index in [1.54, 1.807) is 0 Å². The van der Waals surface area contributed by atoms with Crippen LogP contribution in [0.15, 0.2) is 59.5 Å². The van der Waals surface area contributed by atoms with Crippen molar-refractivity contribution in [2.24, 2.45) is 0 Å². The fourth-order valence-electron chi connectivity index (χ4n) is 1.48. The van der Waals surface area contributed by atoms with E-state index in [-0.39, 0.29) is 31.0 Å². The van der Waals surface area contributed by atoms with Gasteiger partial charge in [-0.1, -0.05) is 48.5 Å². The molecule has 0 atom stereocenters. The van der Waals surface area contributed by atoms with Crippen molar-refractivity contribution in [3.63, 3.8) is 0 Å². The molecule has 15 heavy (non-hydrogen) atoms. The first kappa shape index (κ1) is 12.9. The molecule has 0 aliphatic carbocycles. The Morgan fingerprint density at radius 2 is 1.47 bits per heavy atom. The van der Waals surface area contributed by atoms with Crippen LogP contribution in [0.5, 0.6) is 0 Å². The number of hydrogen-bond acceptors (Lipinski definition) is 1. The second kappa shape index (κ2) is 6.39. The maximum atomic E-state index is 4.43. The summed E-state index contributed by atoms with van der Waals surface area (Å²) < 4.78 is 0. The zero-order chi connectivity index (χ0) is 9.80. The van der Waals surface area contributed by atoms with Crippen molar-refractivity contribution in [3.05, 3.63) is 65.7 Å². The van der Waals surface area contributed by atoms with Crippen LogP contribution < -0.4 is 29.6 Å². The number of thiol groups is 1. The first-order valence-corrected chi connectivity index (χ1v) is 5.12. The van der Waals surface area contributed by atoms with Crippen LogP contribution in [0.3, 0.4) is 0 Å². The van der Waals surface area contributed by atoms with Crippen molar-refractivity contribution in [3.8, 4) is 0 Å². The average Bonchev–Trinajstić information content (AvgIpc) is 2.23. The SMILES string of the molecule is Sc1ccccc1Cc1ccccc1.[H-].[Na+]. The fourth-order valence-corrected chi connectivity index (χ4v) is 1.72. The minimum Gasteiger partial charge on any atom is -1.00 e. The van der Waals surface area contributed by atoms with Gasteiger partial charge in [0.1, 0.15) is 0 Å². The molecule has 72 valence electrons. The van der Waals surface area contributed by atoms with Crippen molar-refractivity contribution in [1.29, 1.82) is 0 Å². The third-order valence-corrected chi connectivity index (χ3v) is 2.67. The molecule has 0 N–H and O–H groups in total. The van der Waals surface area contributed by atoms with Gasteiger partial charge in [0.05, 0.1) is 0 Å². The molecule has 0 saturated heterocycles. The summed E-state index contributed by atoms with van der Waals surface area (Å²) in [6.45, 7) is 0. The zero-order valence-corrected chi connectivity index (χ0v) is 11.7. The van der Waals surface area contributed by atoms with Crippen molar-refractivity contribution in [1.82, 2.24) is 0 Å². The van der Waals surface area contributed by atoms with Gasteiger partial charge in [0.25, 0.3) is 0 Å². The Labute approximate surface area is 120 Å². The molecule has 0 unspecified atom stereocenters. The van der Waals surface area contributed by atoms with Gasteiger partial charge < -0.3 is 1.43 Å². The molecular weight excluding hydrogens is 211 g/mol. The van der Waals surface area contributed by atoms with Gasteiger partial charge in [-0.3, -0.25) is 0 Å². The van der Waals surface area contributed by atoms with E-state index in [1.807, 2.05) is 18.2 Å². The summed E-state index contributed by atoms with van der Waals surface area (Å²) >= 11 is 4.43. The van der Waals surface area contributed by atoms with Crippen molar-refractivity contribution in [2.75, 3.05) is 0 Å².